The van der Waals surface area contributed by atoms with Crippen molar-refractivity contribution < 1.29 is 19.7 Å². The van der Waals surface area contributed by atoms with E-state index in [1.165, 1.54) is 6.07 Å². The molecule has 10 nitrogen and oxygen atoms in total. The van der Waals surface area contributed by atoms with Gasteiger partial charge in [0.15, 0.2) is 0 Å². The number of nitro groups is 2. The van der Waals surface area contributed by atoms with Gasteiger partial charge in [0.1, 0.15) is 5.69 Å². The van der Waals surface area contributed by atoms with E-state index in [0.29, 0.717) is 19.4 Å². The molecule has 0 bridgehead atoms. The van der Waals surface area contributed by atoms with E-state index in [9.17, 15) is 30.1 Å². The summed E-state index contributed by atoms with van der Waals surface area (Å²) in [7, 11) is 0. The number of benzene rings is 1. The van der Waals surface area contributed by atoms with Crippen LogP contribution >= 0.6 is 0 Å². The van der Waals surface area contributed by atoms with Gasteiger partial charge in [-0.2, -0.15) is 0 Å². The van der Waals surface area contributed by atoms with E-state index in [0.717, 1.165) is 12.1 Å². The van der Waals surface area contributed by atoms with Gasteiger partial charge in [-0.05, 0) is 18.9 Å². The highest BCUT2D eigenvalue weighted by molar-refractivity contribution is 5.65. The number of hydrogen-bond donors (Lipinski definition) is 2. The van der Waals surface area contributed by atoms with E-state index in [1.807, 2.05) is 0 Å². The molecule has 1 unspecified atom stereocenters. The summed E-state index contributed by atoms with van der Waals surface area (Å²) in [4.78, 5) is 30.4. The van der Waals surface area contributed by atoms with Gasteiger partial charge in [-0.3, -0.25) is 20.2 Å². The molecule has 0 aliphatic rings. The first kappa shape index (κ1) is 17.3. The molecule has 0 saturated carbocycles. The lowest BCUT2D eigenvalue weighted by molar-refractivity contribution is -0.393. The zero-order valence-corrected chi connectivity index (χ0v) is 11.6. The molecule has 0 radical (unpaired) electrons. The number of carboxylic acid groups (broad SMARTS) is 1. The van der Waals surface area contributed by atoms with Crippen LogP contribution in [0.5, 0.6) is 0 Å². The van der Waals surface area contributed by atoms with Crippen LogP contribution in [0.2, 0.25) is 0 Å². The first-order valence-corrected chi connectivity index (χ1v) is 6.43. The van der Waals surface area contributed by atoms with E-state index in [2.05, 4.69) is 5.32 Å². The maximum Gasteiger partial charge on any atom is 0.299 e. The summed E-state index contributed by atoms with van der Waals surface area (Å²) in [5, 5.41) is 34.6. The van der Waals surface area contributed by atoms with E-state index in [-0.39, 0.29) is 17.8 Å². The van der Waals surface area contributed by atoms with Crippen LogP contribution in [0.15, 0.2) is 18.2 Å². The zero-order valence-electron chi connectivity index (χ0n) is 11.6. The Balaban J connectivity index is 2.60. The Morgan fingerprint density at radius 1 is 1.27 bits per heavy atom. The van der Waals surface area contributed by atoms with Crippen molar-refractivity contribution >= 4 is 23.0 Å². The summed E-state index contributed by atoms with van der Waals surface area (Å²) in [5.74, 6) is -1.23. The van der Waals surface area contributed by atoms with Crippen molar-refractivity contribution in [2.75, 3.05) is 11.9 Å². The molecule has 0 aliphatic heterocycles. The van der Waals surface area contributed by atoms with Gasteiger partial charge >= 0.3 is 0 Å². The molecule has 0 saturated heterocycles. The Morgan fingerprint density at radius 3 is 2.50 bits per heavy atom. The van der Waals surface area contributed by atoms with E-state index < -0.39 is 27.5 Å². The van der Waals surface area contributed by atoms with Crippen molar-refractivity contribution in [1.29, 1.82) is 0 Å². The molecular formula is C12H15N4O6-. The monoisotopic (exact) mass is 311 g/mol. The second kappa shape index (κ2) is 7.88. The standard InChI is InChI=1S/C12H16N4O6/c13-8(6-12(17)18)2-1-5-14-10-4-3-9(15(19)20)7-11(10)16(21)22/h3-4,7-8,14H,1-2,5-6,13H2,(H,17,18)/p-1. The number of nitrogens with one attached hydrogen (secondary N) is 1. The topological polar surface area (TPSA) is 164 Å². The predicted octanol–water partition coefficient (Wildman–Crippen LogP) is 0.162. The Hall–Kier alpha value is -2.75. The minimum absolute atomic E-state index is 0.157. The predicted molar refractivity (Wildman–Crippen MR) is 75.1 cm³/mol. The minimum atomic E-state index is -1.23. The summed E-state index contributed by atoms with van der Waals surface area (Å²) in [6.45, 7) is 0.319. The molecule has 1 atom stereocenters. The molecule has 1 aromatic rings. The van der Waals surface area contributed by atoms with Crippen molar-refractivity contribution in [2.24, 2.45) is 5.73 Å². The normalized spacial score (nSPS) is 11.7. The summed E-state index contributed by atoms with van der Waals surface area (Å²) in [6.07, 6.45) is 0.641. The van der Waals surface area contributed by atoms with Crippen LogP contribution in [-0.4, -0.2) is 28.4 Å². The lowest BCUT2D eigenvalue weighted by atomic mass is 10.1. The zero-order chi connectivity index (χ0) is 16.7. The maximum atomic E-state index is 10.9. The minimum Gasteiger partial charge on any atom is -0.550 e. The van der Waals surface area contributed by atoms with E-state index >= 15 is 0 Å². The lowest BCUT2D eigenvalue weighted by Gasteiger charge is -2.12. The first-order chi connectivity index (χ1) is 10.3. The largest absolute Gasteiger partial charge is 0.550 e. The average molecular weight is 311 g/mol. The highest BCUT2D eigenvalue weighted by Crippen LogP contribution is 2.28. The Bertz CT molecular complexity index is 577. The third-order valence-corrected chi connectivity index (χ3v) is 2.88. The number of non-ortho nitro benzene ring substituents is 1. The molecule has 0 aromatic heterocycles. The van der Waals surface area contributed by atoms with Crippen LogP contribution in [0.3, 0.4) is 0 Å². The molecule has 1 aromatic carbocycles. The smallest absolute Gasteiger partial charge is 0.299 e. The third kappa shape index (κ3) is 5.32. The van der Waals surface area contributed by atoms with Gasteiger partial charge in [0.25, 0.3) is 11.4 Å². The number of carbonyl (C=O) groups is 1. The van der Waals surface area contributed by atoms with Gasteiger partial charge in [0.2, 0.25) is 0 Å². The van der Waals surface area contributed by atoms with Crippen LogP contribution in [0.1, 0.15) is 19.3 Å². The second-order valence-corrected chi connectivity index (χ2v) is 4.62. The van der Waals surface area contributed by atoms with Gasteiger partial charge in [-0.1, -0.05) is 0 Å². The molecule has 0 amide bonds. The molecule has 22 heavy (non-hydrogen) atoms. The Morgan fingerprint density at radius 2 is 1.95 bits per heavy atom. The number of nitrogens with two attached hydrogens (primary N) is 1. The van der Waals surface area contributed by atoms with Gasteiger partial charge in [-0.15, -0.1) is 0 Å². The molecule has 0 fully saturated rings. The third-order valence-electron chi connectivity index (χ3n) is 2.88. The molecule has 10 heteroatoms. The fourth-order valence-electron chi connectivity index (χ4n) is 1.84. The average Bonchev–Trinajstić information content (AvgIpc) is 2.42. The molecule has 0 aliphatic carbocycles. The van der Waals surface area contributed by atoms with Crippen LogP contribution in [0, 0.1) is 20.2 Å². The highest BCUT2D eigenvalue weighted by Gasteiger charge is 2.19. The SMILES string of the molecule is NC(CCCNc1ccc([N+](=O)[O-])cc1[N+](=O)[O-])CC(=O)[O-]. The summed E-state index contributed by atoms with van der Waals surface area (Å²) >= 11 is 0. The number of hydrogen-bond acceptors (Lipinski definition) is 8. The molecular weight excluding hydrogens is 296 g/mol. The fraction of sp³-hybridized carbons (Fsp3) is 0.417. The molecule has 1 rings (SSSR count). The van der Waals surface area contributed by atoms with Crippen molar-refractivity contribution in [3.05, 3.63) is 38.4 Å². The second-order valence-electron chi connectivity index (χ2n) is 4.62. The van der Waals surface area contributed by atoms with E-state index in [4.69, 9.17) is 5.73 Å². The summed E-state index contributed by atoms with van der Waals surface area (Å²) in [5.41, 5.74) is 4.95. The van der Waals surface area contributed by atoms with Crippen LogP contribution < -0.4 is 16.2 Å². The summed E-state index contributed by atoms with van der Waals surface area (Å²) < 4.78 is 0. The van der Waals surface area contributed by atoms with Crippen LogP contribution in [-0.2, 0) is 4.79 Å². The number of anilines is 1. The number of carbonyl (C=O) groups excluding carboxylic acids is 1. The van der Waals surface area contributed by atoms with Gasteiger partial charge in [-0.25, -0.2) is 0 Å². The first-order valence-electron chi connectivity index (χ1n) is 6.43. The van der Waals surface area contributed by atoms with Crippen LogP contribution in [0.4, 0.5) is 17.1 Å². The number of carboxylic acids is 1. The van der Waals surface area contributed by atoms with E-state index in [1.54, 1.807) is 0 Å². The summed E-state index contributed by atoms with van der Waals surface area (Å²) in [6, 6.07) is 2.76. The lowest BCUT2D eigenvalue weighted by Crippen LogP contribution is -2.32. The van der Waals surface area contributed by atoms with Crippen molar-refractivity contribution in [3.63, 3.8) is 0 Å². The van der Waals surface area contributed by atoms with Gasteiger partial charge in [0.05, 0.1) is 15.9 Å². The number of nitro benzene ring substituents is 2. The molecule has 120 valence electrons. The number of aliphatic carboxylic acids is 1. The number of rotatable bonds is 9. The molecule has 0 heterocycles. The molecule has 0 spiro atoms. The quantitative estimate of drug-likeness (QED) is 0.369. The van der Waals surface area contributed by atoms with Crippen LogP contribution in [0.25, 0.3) is 0 Å². The Kier molecular flexibility index (Phi) is 6.20. The maximum absolute atomic E-state index is 10.9. The number of nitrogens with zero attached hydrogens (tertiary/aromatic N) is 2. The molecule has 3 N–H and O–H groups in total. The van der Waals surface area contributed by atoms with Crippen molar-refractivity contribution in [3.8, 4) is 0 Å². The van der Waals surface area contributed by atoms with Gasteiger partial charge < -0.3 is 21.0 Å². The van der Waals surface area contributed by atoms with Crippen molar-refractivity contribution in [2.45, 2.75) is 25.3 Å². The Labute approximate surface area is 125 Å². The fourth-order valence-corrected chi connectivity index (χ4v) is 1.84. The van der Waals surface area contributed by atoms with Crippen molar-refractivity contribution in [1.82, 2.24) is 0 Å². The van der Waals surface area contributed by atoms with Gasteiger partial charge in [0, 0.05) is 31.0 Å². The highest BCUT2D eigenvalue weighted by atomic mass is 16.6.